The minimum atomic E-state index is -4.97. The van der Waals surface area contributed by atoms with Crippen LogP contribution in [-0.4, -0.2) is 45.7 Å². The van der Waals surface area contributed by atoms with Gasteiger partial charge in [-0.25, -0.2) is 0 Å². The van der Waals surface area contributed by atoms with Crippen molar-refractivity contribution in [3.8, 4) is 11.4 Å². The lowest BCUT2D eigenvalue weighted by Crippen LogP contribution is -2.45. The number of aromatic nitrogens is 4. The molecule has 1 fully saturated rings. The minimum absolute atomic E-state index is 0. The maximum Gasteiger partial charge on any atom is 0.573 e. The molecular weight excluding hydrogens is 537 g/mol. The Hall–Kier alpha value is -2.61. The van der Waals surface area contributed by atoms with Crippen molar-refractivity contribution in [2.45, 2.75) is 37.5 Å². The number of hydrogen-bond acceptors (Lipinski definition) is 6. The molecule has 2 N–H and O–H groups in total. The largest absolute Gasteiger partial charge is 0.573 e. The second-order valence-electron chi connectivity index (χ2n) is 7.75. The molecule has 3 aromatic rings. The predicted molar refractivity (Wildman–Crippen MR) is 123 cm³/mol. The van der Waals surface area contributed by atoms with Gasteiger partial charge >= 0.3 is 12.5 Å². The van der Waals surface area contributed by atoms with Gasteiger partial charge in [-0.2, -0.15) is 17.9 Å². The molecule has 198 valence electrons. The first-order valence-corrected chi connectivity index (χ1v) is 10.4. The first kappa shape index (κ1) is 29.6. The molecule has 0 unspecified atom stereocenters. The van der Waals surface area contributed by atoms with Gasteiger partial charge in [-0.3, -0.25) is 0 Å². The molecule has 0 aliphatic carbocycles. The van der Waals surface area contributed by atoms with Crippen LogP contribution in [0.15, 0.2) is 48.5 Å². The lowest BCUT2D eigenvalue weighted by molar-refractivity contribution is -0.274. The fourth-order valence-corrected chi connectivity index (χ4v) is 3.99. The number of hydrogen-bond donors (Lipinski definition) is 2. The van der Waals surface area contributed by atoms with Crippen LogP contribution in [0.25, 0.3) is 5.69 Å². The van der Waals surface area contributed by atoms with Crippen molar-refractivity contribution >= 4 is 24.8 Å². The van der Waals surface area contributed by atoms with Gasteiger partial charge in [0.1, 0.15) is 5.75 Å². The molecule has 0 saturated carbocycles. The third-order valence-electron chi connectivity index (χ3n) is 5.50. The van der Waals surface area contributed by atoms with E-state index in [1.54, 1.807) is 0 Å². The van der Waals surface area contributed by atoms with Crippen LogP contribution in [0, 0.1) is 0 Å². The van der Waals surface area contributed by atoms with Crippen LogP contribution in [0.2, 0.25) is 0 Å². The summed E-state index contributed by atoms with van der Waals surface area (Å²) in [4.78, 5) is 0. The van der Waals surface area contributed by atoms with E-state index in [4.69, 9.17) is 0 Å². The summed E-state index contributed by atoms with van der Waals surface area (Å²) in [5, 5.41) is 15.9. The zero-order chi connectivity index (χ0) is 24.3. The smallest absolute Gasteiger partial charge is 0.405 e. The molecule has 36 heavy (non-hydrogen) atoms. The molecule has 0 bridgehead atoms. The second-order valence-corrected chi connectivity index (χ2v) is 7.75. The maximum atomic E-state index is 13.2. The zero-order valence-electron chi connectivity index (χ0n) is 18.4. The Morgan fingerprint density at radius 2 is 1.75 bits per heavy atom. The maximum absolute atomic E-state index is 13.2. The molecule has 1 aliphatic rings. The van der Waals surface area contributed by atoms with Gasteiger partial charge in [0.2, 0.25) is 0 Å². The lowest BCUT2D eigenvalue weighted by Gasteiger charge is -2.33. The van der Waals surface area contributed by atoms with E-state index in [2.05, 4.69) is 30.9 Å². The molecule has 1 aromatic heterocycles. The highest BCUT2D eigenvalue weighted by molar-refractivity contribution is 5.85. The number of halogens is 8. The van der Waals surface area contributed by atoms with E-state index in [9.17, 15) is 26.3 Å². The summed E-state index contributed by atoms with van der Waals surface area (Å²) in [6, 6.07) is 12.7. The molecule has 4 rings (SSSR count). The molecule has 0 spiro atoms. The molecule has 0 amide bonds. The van der Waals surface area contributed by atoms with Crippen molar-refractivity contribution < 1.29 is 31.1 Å². The highest BCUT2D eigenvalue weighted by Gasteiger charge is 2.39. The summed E-state index contributed by atoms with van der Waals surface area (Å²) >= 11 is 0. The summed E-state index contributed by atoms with van der Waals surface area (Å²) < 4.78 is 83.0. The van der Waals surface area contributed by atoms with Gasteiger partial charge < -0.3 is 15.4 Å². The fraction of sp³-hybridized carbons (Fsp3) is 0.381. The van der Waals surface area contributed by atoms with E-state index in [1.165, 1.54) is 0 Å². The Kier molecular flexibility index (Phi) is 9.94. The Morgan fingerprint density at radius 3 is 2.42 bits per heavy atom. The first-order valence-electron chi connectivity index (χ1n) is 10.4. The number of alkyl halides is 6. The van der Waals surface area contributed by atoms with Crippen LogP contribution in [-0.2, 0) is 12.7 Å². The summed E-state index contributed by atoms with van der Waals surface area (Å²) in [7, 11) is 0. The van der Waals surface area contributed by atoms with E-state index < -0.39 is 24.1 Å². The van der Waals surface area contributed by atoms with Crippen molar-refractivity contribution in [1.29, 1.82) is 0 Å². The first-order chi connectivity index (χ1) is 16.1. The number of benzene rings is 2. The third-order valence-corrected chi connectivity index (χ3v) is 5.50. The van der Waals surface area contributed by atoms with E-state index in [0.29, 0.717) is 24.2 Å². The second kappa shape index (κ2) is 12.1. The molecule has 2 aromatic carbocycles. The Morgan fingerprint density at radius 1 is 1.03 bits per heavy atom. The topological polar surface area (TPSA) is 76.9 Å². The molecular formula is C21H22Cl2F6N6O. The van der Waals surface area contributed by atoms with E-state index in [0.717, 1.165) is 23.8 Å². The number of rotatable bonds is 6. The number of tetrazole rings is 1. The summed E-state index contributed by atoms with van der Waals surface area (Å²) in [5.41, 5.74) is 0.939. The number of piperidine rings is 1. The molecule has 2 heterocycles. The summed E-state index contributed by atoms with van der Waals surface area (Å²) in [5.74, 6) is -1.85. The van der Waals surface area contributed by atoms with Crippen LogP contribution in [0.5, 0.6) is 5.75 Å². The van der Waals surface area contributed by atoms with Gasteiger partial charge in [0, 0.05) is 30.6 Å². The van der Waals surface area contributed by atoms with Gasteiger partial charge in [-0.1, -0.05) is 30.3 Å². The quantitative estimate of drug-likeness (QED) is 0.428. The fourth-order valence-electron chi connectivity index (χ4n) is 3.99. The van der Waals surface area contributed by atoms with Crippen LogP contribution in [0.3, 0.4) is 0 Å². The molecule has 0 radical (unpaired) electrons. The van der Waals surface area contributed by atoms with Crippen LogP contribution in [0.4, 0.5) is 26.3 Å². The number of nitrogens with zero attached hydrogens (tertiary/aromatic N) is 4. The molecule has 7 nitrogen and oxygen atoms in total. The Bertz CT molecular complexity index is 1110. The van der Waals surface area contributed by atoms with Crippen molar-refractivity contribution in [1.82, 2.24) is 30.8 Å². The van der Waals surface area contributed by atoms with E-state index >= 15 is 0 Å². The van der Waals surface area contributed by atoms with Crippen LogP contribution >= 0.6 is 24.8 Å². The number of ether oxygens (including phenoxy) is 1. The Balaban J connectivity index is 0.00000228. The SMILES string of the molecule is Cl.Cl.FC(F)(F)Oc1ccc(-n2nnnc2C(F)(F)F)cc1CN[C@H]1CCNC[C@H]1c1ccccc1. The molecule has 1 aliphatic heterocycles. The van der Waals surface area contributed by atoms with Crippen molar-refractivity contribution in [2.75, 3.05) is 13.1 Å². The third kappa shape index (κ3) is 7.21. The lowest BCUT2D eigenvalue weighted by atomic mass is 9.87. The van der Waals surface area contributed by atoms with E-state index in [-0.39, 0.29) is 54.6 Å². The van der Waals surface area contributed by atoms with Gasteiger partial charge in [0.05, 0.1) is 5.69 Å². The standard InChI is InChI=1S/C21H20F6N6O.2ClH/c22-20(23,24)19-30-31-32-33(19)15-6-7-18(34-21(25,26)27)14(10-15)11-29-17-8-9-28-12-16(17)13-4-2-1-3-5-13;;/h1-7,10,16-17,28-29H,8-9,11-12H2;2*1H/t16-,17-;;/m0../s1. The molecule has 1 saturated heterocycles. The van der Waals surface area contributed by atoms with Crippen LogP contribution in [0.1, 0.15) is 29.3 Å². The molecule has 2 atom stereocenters. The normalized spacial score (nSPS) is 18.2. The predicted octanol–water partition coefficient (Wildman–Crippen LogP) is 4.66. The summed E-state index contributed by atoms with van der Waals surface area (Å²) in [6.45, 7) is 1.32. The van der Waals surface area contributed by atoms with Crippen molar-refractivity contribution in [3.63, 3.8) is 0 Å². The van der Waals surface area contributed by atoms with Gasteiger partial charge in [0.25, 0.3) is 5.82 Å². The van der Waals surface area contributed by atoms with Crippen molar-refractivity contribution in [3.05, 3.63) is 65.5 Å². The minimum Gasteiger partial charge on any atom is -0.405 e. The van der Waals surface area contributed by atoms with Gasteiger partial charge in [-0.05, 0) is 47.2 Å². The van der Waals surface area contributed by atoms with Crippen LogP contribution < -0.4 is 15.4 Å². The zero-order valence-corrected chi connectivity index (χ0v) is 20.0. The van der Waals surface area contributed by atoms with E-state index in [1.807, 2.05) is 30.3 Å². The summed E-state index contributed by atoms with van der Waals surface area (Å²) in [6.07, 6.45) is -9.11. The highest BCUT2D eigenvalue weighted by Crippen LogP contribution is 2.32. The monoisotopic (exact) mass is 558 g/mol. The number of nitrogens with one attached hydrogen (secondary N) is 2. The average Bonchev–Trinajstić information content (AvgIpc) is 3.29. The van der Waals surface area contributed by atoms with Gasteiger partial charge in [-0.15, -0.1) is 43.1 Å². The average molecular weight is 559 g/mol. The van der Waals surface area contributed by atoms with Crippen molar-refractivity contribution in [2.24, 2.45) is 0 Å². The molecule has 15 heteroatoms. The highest BCUT2D eigenvalue weighted by atomic mass is 35.5. The Labute approximate surface area is 214 Å². The van der Waals surface area contributed by atoms with Gasteiger partial charge in [0.15, 0.2) is 0 Å².